The number of nitrogens with two attached hydrogens (primary N) is 1. The van der Waals surface area contributed by atoms with Gasteiger partial charge in [-0.2, -0.15) is 4.98 Å². The molecule has 2 rings (SSSR count). The Bertz CT molecular complexity index is 550. The number of halogens is 1. The second-order valence-corrected chi connectivity index (χ2v) is 4.58. The van der Waals surface area contributed by atoms with Crippen LogP contribution in [0.3, 0.4) is 0 Å². The smallest absolute Gasteiger partial charge is 0.351 e. The first-order valence-corrected chi connectivity index (χ1v) is 5.49. The number of hydrogen-bond donors (Lipinski definition) is 4. The Labute approximate surface area is 106 Å². The van der Waals surface area contributed by atoms with Gasteiger partial charge in [-0.3, -0.25) is 4.57 Å². The summed E-state index contributed by atoms with van der Waals surface area (Å²) in [5.41, 5.74) is 2.75. The molecule has 0 aromatic carbocycles. The van der Waals surface area contributed by atoms with Gasteiger partial charge in [0.15, 0.2) is 17.9 Å². The molecule has 0 aliphatic carbocycles. The van der Waals surface area contributed by atoms with Crippen LogP contribution in [0.25, 0.3) is 0 Å². The van der Waals surface area contributed by atoms with E-state index in [4.69, 9.17) is 15.6 Å². The van der Waals surface area contributed by atoms with Gasteiger partial charge in [-0.1, -0.05) is 0 Å². The molecule has 19 heavy (non-hydrogen) atoms. The van der Waals surface area contributed by atoms with Gasteiger partial charge in [0, 0.05) is 0 Å². The third kappa shape index (κ3) is 2.10. The molecule has 1 aromatic rings. The first-order chi connectivity index (χ1) is 8.80. The molecule has 1 aliphatic heterocycles. The summed E-state index contributed by atoms with van der Waals surface area (Å²) in [6, 6.07) is 0. The molecular formula is C10H14FN3O5. The number of aromatic nitrogens is 2. The lowest BCUT2D eigenvalue weighted by molar-refractivity contribution is -0.118. The van der Waals surface area contributed by atoms with Crippen molar-refractivity contribution >= 4 is 5.82 Å². The first kappa shape index (κ1) is 13.9. The molecule has 0 amide bonds. The molecule has 106 valence electrons. The van der Waals surface area contributed by atoms with E-state index in [1.165, 1.54) is 6.92 Å². The summed E-state index contributed by atoms with van der Waals surface area (Å²) < 4.78 is 19.2. The standard InChI is InChI=1S/C10H14FN3O5/c1-10(3-15)6(17)5(16)8(19-10)14-2-4(11)7(12)13-9(14)18/h2,5-6,8,15-17H,3H2,1H3,(H2,12,13,18)/t5?,6?,8?,10-/m0/s1. The van der Waals surface area contributed by atoms with Crippen molar-refractivity contribution in [2.45, 2.75) is 31.0 Å². The van der Waals surface area contributed by atoms with E-state index in [-0.39, 0.29) is 0 Å². The van der Waals surface area contributed by atoms with E-state index in [0.717, 1.165) is 6.20 Å². The third-order valence-corrected chi connectivity index (χ3v) is 3.15. The molecule has 3 unspecified atom stereocenters. The van der Waals surface area contributed by atoms with Crippen LogP contribution in [0.4, 0.5) is 10.2 Å². The molecule has 1 aliphatic rings. The summed E-state index contributed by atoms with van der Waals surface area (Å²) in [5, 5.41) is 28.8. The van der Waals surface area contributed by atoms with E-state index in [2.05, 4.69) is 4.98 Å². The topological polar surface area (TPSA) is 131 Å². The van der Waals surface area contributed by atoms with Gasteiger partial charge >= 0.3 is 5.69 Å². The normalized spacial score (nSPS) is 34.7. The Balaban J connectivity index is 2.44. The zero-order valence-corrected chi connectivity index (χ0v) is 10.0. The van der Waals surface area contributed by atoms with Crippen molar-refractivity contribution in [3.8, 4) is 0 Å². The van der Waals surface area contributed by atoms with Crippen LogP contribution in [0.2, 0.25) is 0 Å². The minimum atomic E-state index is -1.51. The van der Waals surface area contributed by atoms with Gasteiger partial charge in [0.1, 0.15) is 17.8 Å². The molecule has 0 saturated carbocycles. The van der Waals surface area contributed by atoms with Crippen LogP contribution in [0, 0.1) is 5.82 Å². The predicted octanol–water partition coefficient (Wildman–Crippen LogP) is -2.03. The summed E-state index contributed by atoms with van der Waals surface area (Å²) in [7, 11) is 0. The van der Waals surface area contributed by atoms with Gasteiger partial charge < -0.3 is 25.8 Å². The molecule has 0 bridgehead atoms. The zero-order valence-electron chi connectivity index (χ0n) is 10.0. The molecule has 0 spiro atoms. The molecule has 1 saturated heterocycles. The Morgan fingerprint density at radius 3 is 2.79 bits per heavy atom. The molecule has 1 fully saturated rings. The van der Waals surface area contributed by atoms with Gasteiger partial charge in [0.25, 0.3) is 0 Å². The van der Waals surface area contributed by atoms with Crippen molar-refractivity contribution in [3.63, 3.8) is 0 Å². The van der Waals surface area contributed by atoms with Crippen LogP contribution in [-0.4, -0.2) is 49.3 Å². The number of hydrogen-bond acceptors (Lipinski definition) is 7. The largest absolute Gasteiger partial charge is 0.393 e. The zero-order chi connectivity index (χ0) is 14.4. The van der Waals surface area contributed by atoms with Crippen LogP contribution in [0.1, 0.15) is 13.2 Å². The molecule has 0 radical (unpaired) electrons. The summed E-state index contributed by atoms with van der Waals surface area (Å²) >= 11 is 0. The average molecular weight is 275 g/mol. The van der Waals surface area contributed by atoms with Crippen molar-refractivity contribution in [1.29, 1.82) is 0 Å². The van der Waals surface area contributed by atoms with E-state index in [1.54, 1.807) is 0 Å². The van der Waals surface area contributed by atoms with Crippen LogP contribution in [-0.2, 0) is 4.74 Å². The van der Waals surface area contributed by atoms with E-state index >= 15 is 0 Å². The highest BCUT2D eigenvalue weighted by molar-refractivity contribution is 5.26. The fourth-order valence-corrected chi connectivity index (χ4v) is 1.92. The molecule has 2 heterocycles. The summed E-state index contributed by atoms with van der Waals surface area (Å²) in [5.74, 6) is -1.53. The second-order valence-electron chi connectivity index (χ2n) is 4.58. The van der Waals surface area contributed by atoms with Crippen molar-refractivity contribution in [3.05, 3.63) is 22.5 Å². The van der Waals surface area contributed by atoms with E-state index in [1.807, 2.05) is 0 Å². The van der Waals surface area contributed by atoms with Crippen LogP contribution < -0.4 is 11.4 Å². The molecular weight excluding hydrogens is 261 g/mol. The Kier molecular flexibility index (Phi) is 3.31. The number of ether oxygens (including phenoxy) is 1. The lowest BCUT2D eigenvalue weighted by Gasteiger charge is -2.24. The maximum absolute atomic E-state index is 13.3. The molecule has 5 N–H and O–H groups in total. The minimum Gasteiger partial charge on any atom is -0.393 e. The maximum Gasteiger partial charge on any atom is 0.351 e. The number of rotatable bonds is 2. The maximum atomic E-state index is 13.3. The highest BCUT2D eigenvalue weighted by atomic mass is 19.1. The van der Waals surface area contributed by atoms with Crippen LogP contribution in [0.5, 0.6) is 0 Å². The molecule has 9 heteroatoms. The van der Waals surface area contributed by atoms with Crippen molar-refractivity contribution in [2.24, 2.45) is 0 Å². The average Bonchev–Trinajstić information content (AvgIpc) is 2.59. The van der Waals surface area contributed by atoms with Crippen molar-refractivity contribution < 1.29 is 24.4 Å². The number of nitrogens with zero attached hydrogens (tertiary/aromatic N) is 2. The fourth-order valence-electron chi connectivity index (χ4n) is 1.92. The quantitative estimate of drug-likeness (QED) is 0.489. The summed E-state index contributed by atoms with van der Waals surface area (Å²) in [6.07, 6.45) is -3.58. The Morgan fingerprint density at radius 1 is 1.63 bits per heavy atom. The van der Waals surface area contributed by atoms with Gasteiger partial charge in [0.2, 0.25) is 0 Å². The monoisotopic (exact) mass is 275 g/mol. The summed E-state index contributed by atoms with van der Waals surface area (Å²) in [6.45, 7) is 0.772. The van der Waals surface area contributed by atoms with Gasteiger partial charge in [-0.05, 0) is 6.92 Å². The van der Waals surface area contributed by atoms with Crippen molar-refractivity contribution in [2.75, 3.05) is 12.3 Å². The van der Waals surface area contributed by atoms with E-state index in [9.17, 15) is 19.4 Å². The van der Waals surface area contributed by atoms with Crippen molar-refractivity contribution in [1.82, 2.24) is 9.55 Å². The predicted molar refractivity (Wildman–Crippen MR) is 60.5 cm³/mol. The van der Waals surface area contributed by atoms with Gasteiger partial charge in [-0.25, -0.2) is 9.18 Å². The number of nitrogen functional groups attached to an aromatic ring is 1. The first-order valence-electron chi connectivity index (χ1n) is 5.49. The summed E-state index contributed by atoms with van der Waals surface area (Å²) in [4.78, 5) is 14.8. The van der Waals surface area contributed by atoms with E-state index < -0.39 is 48.0 Å². The number of aliphatic hydroxyl groups is 3. The lowest BCUT2D eigenvalue weighted by Crippen LogP contribution is -2.43. The minimum absolute atomic E-state index is 0.570. The van der Waals surface area contributed by atoms with E-state index in [0.29, 0.717) is 4.57 Å². The number of anilines is 1. The Morgan fingerprint density at radius 2 is 2.26 bits per heavy atom. The lowest BCUT2D eigenvalue weighted by atomic mass is 9.99. The highest BCUT2D eigenvalue weighted by Gasteiger charge is 2.52. The van der Waals surface area contributed by atoms with Crippen LogP contribution >= 0.6 is 0 Å². The molecule has 4 atom stereocenters. The van der Waals surface area contributed by atoms with Crippen LogP contribution in [0.15, 0.2) is 11.0 Å². The SMILES string of the molecule is C[C@@]1(CO)OC(n2cc(F)c(N)nc2=O)C(O)C1O. The Hall–Kier alpha value is -1.55. The highest BCUT2D eigenvalue weighted by Crippen LogP contribution is 2.36. The van der Waals surface area contributed by atoms with Gasteiger partial charge in [0.05, 0.1) is 12.8 Å². The second kappa shape index (κ2) is 4.53. The van der Waals surface area contributed by atoms with Gasteiger partial charge in [-0.15, -0.1) is 0 Å². The third-order valence-electron chi connectivity index (χ3n) is 3.15. The fraction of sp³-hybridized carbons (Fsp3) is 0.600. The molecule has 8 nitrogen and oxygen atoms in total. The number of aliphatic hydroxyl groups excluding tert-OH is 3. The molecule has 1 aromatic heterocycles.